The third-order valence-corrected chi connectivity index (χ3v) is 6.26. The number of benzene rings is 2. The van der Waals surface area contributed by atoms with Crippen molar-refractivity contribution in [1.29, 1.82) is 0 Å². The van der Waals surface area contributed by atoms with Crippen molar-refractivity contribution in [3.8, 4) is 5.75 Å². The maximum atomic E-state index is 13.6. The second kappa shape index (κ2) is 6.13. The predicted molar refractivity (Wildman–Crippen MR) is 98.2 cm³/mol. The lowest BCUT2D eigenvalue weighted by molar-refractivity contribution is -0.164. The van der Waals surface area contributed by atoms with E-state index in [-0.39, 0.29) is 12.1 Å². The van der Waals surface area contributed by atoms with Crippen LogP contribution in [0.2, 0.25) is 0 Å². The molecule has 0 saturated carbocycles. The number of hydrogen-bond acceptors (Lipinski definition) is 4. The van der Waals surface area contributed by atoms with Crippen molar-refractivity contribution in [2.75, 3.05) is 26.2 Å². The van der Waals surface area contributed by atoms with Crippen molar-refractivity contribution in [1.82, 2.24) is 4.90 Å². The highest BCUT2D eigenvalue weighted by molar-refractivity contribution is 5.90. The summed E-state index contributed by atoms with van der Waals surface area (Å²) in [5.41, 5.74) is 0.984. The molecule has 4 aliphatic heterocycles. The van der Waals surface area contributed by atoms with Crippen LogP contribution in [-0.4, -0.2) is 43.2 Å². The number of esters is 1. The van der Waals surface area contributed by atoms with E-state index in [0.717, 1.165) is 49.4 Å². The summed E-state index contributed by atoms with van der Waals surface area (Å²) in [7, 11) is 0. The zero-order chi connectivity index (χ0) is 17.6. The third-order valence-electron chi connectivity index (χ3n) is 6.26. The number of nitrogens with zero attached hydrogens (tertiary/aromatic N) is 1. The second-order valence-electron chi connectivity index (χ2n) is 7.64. The average Bonchev–Trinajstić information content (AvgIpc) is 3.10. The van der Waals surface area contributed by atoms with E-state index in [4.69, 9.17) is 9.47 Å². The summed E-state index contributed by atoms with van der Waals surface area (Å²) in [6.07, 6.45) is 2.26. The number of rotatable bonds is 3. The second-order valence-corrected chi connectivity index (χ2v) is 7.64. The fourth-order valence-electron chi connectivity index (χ4n) is 4.74. The molecule has 0 N–H and O–H groups in total. The van der Waals surface area contributed by atoms with Crippen LogP contribution in [0.1, 0.15) is 24.0 Å². The van der Waals surface area contributed by atoms with E-state index in [9.17, 15) is 4.79 Å². The molecule has 2 aromatic rings. The van der Waals surface area contributed by atoms with Gasteiger partial charge in [-0.1, -0.05) is 48.5 Å². The van der Waals surface area contributed by atoms with E-state index < -0.39 is 5.41 Å². The van der Waals surface area contributed by atoms with Crippen molar-refractivity contribution in [2.24, 2.45) is 5.92 Å². The smallest absolute Gasteiger partial charge is 0.325 e. The molecule has 0 amide bonds. The van der Waals surface area contributed by atoms with Gasteiger partial charge in [0, 0.05) is 12.1 Å². The van der Waals surface area contributed by atoms with Crippen LogP contribution in [0.15, 0.2) is 54.6 Å². The van der Waals surface area contributed by atoms with Gasteiger partial charge in [0.05, 0.1) is 0 Å². The van der Waals surface area contributed by atoms with Crippen LogP contribution in [0, 0.1) is 5.92 Å². The highest BCUT2D eigenvalue weighted by atomic mass is 16.6. The average molecular weight is 349 g/mol. The van der Waals surface area contributed by atoms with Crippen molar-refractivity contribution >= 4 is 5.97 Å². The molecule has 0 spiro atoms. The number of ether oxygens (including phenoxy) is 2. The number of piperidine rings is 3. The van der Waals surface area contributed by atoms with Gasteiger partial charge >= 0.3 is 5.97 Å². The van der Waals surface area contributed by atoms with E-state index in [2.05, 4.69) is 4.90 Å². The monoisotopic (exact) mass is 349 g/mol. The fraction of sp³-hybridized carbons (Fsp3) is 0.409. The first kappa shape index (κ1) is 15.9. The molecule has 134 valence electrons. The van der Waals surface area contributed by atoms with Gasteiger partial charge in [-0.15, -0.1) is 0 Å². The Morgan fingerprint density at radius 1 is 1.04 bits per heavy atom. The Balaban J connectivity index is 1.52. The lowest BCUT2D eigenvalue weighted by atomic mass is 9.76. The van der Waals surface area contributed by atoms with Gasteiger partial charge in [-0.05, 0) is 43.5 Å². The molecule has 2 atom stereocenters. The summed E-state index contributed by atoms with van der Waals surface area (Å²) >= 11 is 0. The first-order chi connectivity index (χ1) is 12.8. The maximum absolute atomic E-state index is 13.6. The Kier molecular flexibility index (Phi) is 3.75. The molecular weight excluding hydrogens is 326 g/mol. The van der Waals surface area contributed by atoms with Crippen molar-refractivity contribution < 1.29 is 14.3 Å². The highest BCUT2D eigenvalue weighted by Crippen LogP contribution is 2.45. The molecule has 3 fully saturated rings. The normalized spacial score (nSPS) is 31.9. The Bertz CT molecular complexity index is 813. The van der Waals surface area contributed by atoms with Crippen molar-refractivity contribution in [3.05, 3.63) is 65.7 Å². The van der Waals surface area contributed by atoms with Crippen LogP contribution in [0.4, 0.5) is 0 Å². The van der Waals surface area contributed by atoms with Gasteiger partial charge < -0.3 is 9.47 Å². The van der Waals surface area contributed by atoms with E-state index >= 15 is 0 Å². The standard InChI is InChI=1S/C22H23NO3/c24-21(26-20-14-23-12-10-16(20)11-13-23)22(17-6-2-1-3-7-17)15-25-19-9-5-4-8-18(19)22/h1-9,16,20H,10-15H2. The van der Waals surface area contributed by atoms with E-state index in [0.29, 0.717) is 12.5 Å². The third kappa shape index (κ3) is 2.36. The Labute approximate surface area is 153 Å². The van der Waals surface area contributed by atoms with E-state index in [1.165, 1.54) is 0 Å². The van der Waals surface area contributed by atoms with Crippen LogP contribution >= 0.6 is 0 Å². The topological polar surface area (TPSA) is 38.8 Å². The van der Waals surface area contributed by atoms with E-state index in [1.54, 1.807) is 0 Å². The molecule has 0 radical (unpaired) electrons. The van der Waals surface area contributed by atoms with Crippen LogP contribution in [-0.2, 0) is 14.9 Å². The summed E-state index contributed by atoms with van der Waals surface area (Å²) in [5, 5.41) is 0. The summed E-state index contributed by atoms with van der Waals surface area (Å²) in [5.74, 6) is 1.10. The minimum absolute atomic E-state index is 0.00153. The van der Waals surface area contributed by atoms with Crippen LogP contribution in [0.3, 0.4) is 0 Å². The van der Waals surface area contributed by atoms with Gasteiger partial charge in [0.1, 0.15) is 18.5 Å². The molecule has 3 saturated heterocycles. The summed E-state index contributed by atoms with van der Waals surface area (Å²) < 4.78 is 12.1. The van der Waals surface area contributed by atoms with Gasteiger partial charge in [0.2, 0.25) is 0 Å². The molecule has 2 aromatic carbocycles. The molecule has 2 unspecified atom stereocenters. The van der Waals surface area contributed by atoms with Gasteiger partial charge in [-0.2, -0.15) is 0 Å². The maximum Gasteiger partial charge on any atom is 0.325 e. The van der Waals surface area contributed by atoms with Crippen molar-refractivity contribution in [2.45, 2.75) is 24.4 Å². The zero-order valence-electron chi connectivity index (χ0n) is 14.8. The molecular formula is C22H23NO3. The molecule has 4 heterocycles. The summed E-state index contributed by atoms with van der Waals surface area (Å²) in [4.78, 5) is 16.0. The van der Waals surface area contributed by atoms with Crippen LogP contribution in [0.5, 0.6) is 5.75 Å². The number of fused-ring (bicyclic) bond motifs is 4. The first-order valence-electron chi connectivity index (χ1n) is 9.49. The Morgan fingerprint density at radius 2 is 1.77 bits per heavy atom. The van der Waals surface area contributed by atoms with Crippen molar-refractivity contribution in [3.63, 3.8) is 0 Å². The minimum Gasteiger partial charge on any atom is -0.491 e. The minimum atomic E-state index is -0.871. The quantitative estimate of drug-likeness (QED) is 0.799. The number of carbonyl (C=O) groups is 1. The van der Waals surface area contributed by atoms with E-state index in [1.807, 2.05) is 54.6 Å². The fourth-order valence-corrected chi connectivity index (χ4v) is 4.74. The summed E-state index contributed by atoms with van der Waals surface area (Å²) in [6.45, 7) is 3.43. The number of carbonyl (C=O) groups excluding carboxylic acids is 1. The number of para-hydroxylation sites is 1. The largest absolute Gasteiger partial charge is 0.491 e. The lowest BCUT2D eigenvalue weighted by Gasteiger charge is -2.44. The highest BCUT2D eigenvalue weighted by Gasteiger charge is 2.51. The molecule has 2 bridgehead atoms. The summed E-state index contributed by atoms with van der Waals surface area (Å²) in [6, 6.07) is 17.8. The molecule has 26 heavy (non-hydrogen) atoms. The van der Waals surface area contributed by atoms with Gasteiger partial charge in [-0.25, -0.2) is 0 Å². The zero-order valence-corrected chi connectivity index (χ0v) is 14.8. The van der Waals surface area contributed by atoms with Gasteiger partial charge in [0.15, 0.2) is 5.41 Å². The molecule has 0 aromatic heterocycles. The van der Waals surface area contributed by atoms with Crippen LogP contribution < -0.4 is 4.74 Å². The Morgan fingerprint density at radius 3 is 2.50 bits per heavy atom. The molecule has 4 aliphatic rings. The molecule has 6 rings (SSSR count). The molecule has 4 nitrogen and oxygen atoms in total. The SMILES string of the molecule is O=C(OC1CN2CCC1CC2)C1(c2ccccc2)COc2ccccc21. The molecule has 0 aliphatic carbocycles. The number of hydrogen-bond donors (Lipinski definition) is 0. The predicted octanol–water partition coefficient (Wildman–Crippen LogP) is 3.00. The lowest BCUT2D eigenvalue weighted by Crippen LogP contribution is -2.54. The first-order valence-corrected chi connectivity index (χ1v) is 9.49. The Hall–Kier alpha value is -2.33. The van der Waals surface area contributed by atoms with Gasteiger partial charge in [0.25, 0.3) is 0 Å². The van der Waals surface area contributed by atoms with Gasteiger partial charge in [-0.3, -0.25) is 9.69 Å². The molecule has 4 heteroatoms. The van der Waals surface area contributed by atoms with Crippen LogP contribution in [0.25, 0.3) is 0 Å².